The van der Waals surface area contributed by atoms with E-state index in [4.69, 9.17) is 0 Å². The topological polar surface area (TPSA) is 58.9 Å². The van der Waals surface area contributed by atoms with Crippen molar-refractivity contribution in [3.63, 3.8) is 0 Å². The largest absolute Gasteiger partial charge is 0.352 e. The van der Waals surface area contributed by atoms with Gasteiger partial charge in [-0.15, -0.1) is 10.2 Å². The molecule has 1 aliphatic heterocycles. The van der Waals surface area contributed by atoms with E-state index in [1.54, 1.807) is 6.20 Å². The third-order valence-electron chi connectivity index (χ3n) is 3.39. The second-order valence-electron chi connectivity index (χ2n) is 4.94. The van der Waals surface area contributed by atoms with E-state index in [0.717, 1.165) is 37.0 Å². The van der Waals surface area contributed by atoms with Gasteiger partial charge in [-0.25, -0.2) is 4.98 Å². The molecule has 19 heavy (non-hydrogen) atoms. The van der Waals surface area contributed by atoms with Gasteiger partial charge in [0.2, 0.25) is 0 Å². The molecule has 1 atom stereocenters. The first-order valence-corrected chi connectivity index (χ1v) is 6.54. The Kier molecular flexibility index (Phi) is 3.16. The third kappa shape index (κ3) is 2.44. The zero-order valence-corrected chi connectivity index (χ0v) is 11.2. The fraction of sp³-hybridized carbons (Fsp3) is 0.462. The number of anilines is 1. The van der Waals surface area contributed by atoms with Gasteiger partial charge in [-0.2, -0.15) is 0 Å². The van der Waals surface area contributed by atoms with Crippen LogP contribution in [0.2, 0.25) is 0 Å². The minimum Gasteiger partial charge on any atom is -0.352 e. The highest BCUT2D eigenvalue weighted by atomic mass is 15.3. The lowest BCUT2D eigenvalue weighted by Crippen LogP contribution is -2.49. The van der Waals surface area contributed by atoms with Crippen molar-refractivity contribution in [2.75, 3.05) is 24.5 Å². The molecule has 2 aromatic rings. The van der Waals surface area contributed by atoms with Crippen molar-refractivity contribution >= 4 is 5.82 Å². The molecular formula is C13H18N6. The summed E-state index contributed by atoms with van der Waals surface area (Å²) in [4.78, 5) is 6.54. The van der Waals surface area contributed by atoms with Crippen LogP contribution >= 0.6 is 0 Å². The van der Waals surface area contributed by atoms with E-state index in [2.05, 4.69) is 32.3 Å². The monoisotopic (exact) mass is 258 g/mol. The fourth-order valence-corrected chi connectivity index (χ4v) is 2.37. The molecule has 6 nitrogen and oxygen atoms in total. The lowest BCUT2D eigenvalue weighted by Gasteiger charge is -2.32. The van der Waals surface area contributed by atoms with Gasteiger partial charge in [0.15, 0.2) is 11.6 Å². The van der Waals surface area contributed by atoms with E-state index in [0.29, 0.717) is 6.04 Å². The molecule has 6 heteroatoms. The van der Waals surface area contributed by atoms with Crippen LogP contribution in [0.15, 0.2) is 24.5 Å². The molecule has 3 heterocycles. The standard InChI is InChI=1S/C13H18N6/c1-10-9-19(8-6-14-10)12-4-3-11(16-17-12)13-15-5-7-18(13)2/h3-5,7,10,14H,6,8-9H2,1-2H3/t10-/m0/s1. The molecule has 100 valence electrons. The lowest BCUT2D eigenvalue weighted by molar-refractivity contribution is 0.481. The van der Waals surface area contributed by atoms with Gasteiger partial charge in [-0.1, -0.05) is 0 Å². The summed E-state index contributed by atoms with van der Waals surface area (Å²) in [5.74, 6) is 1.78. The average molecular weight is 258 g/mol. The Morgan fingerprint density at radius 1 is 1.32 bits per heavy atom. The molecule has 1 saturated heterocycles. The molecule has 2 aromatic heterocycles. The van der Waals surface area contributed by atoms with Gasteiger partial charge in [0.05, 0.1) is 0 Å². The number of nitrogens with zero attached hydrogens (tertiary/aromatic N) is 5. The van der Waals surface area contributed by atoms with Crippen LogP contribution in [0, 0.1) is 0 Å². The van der Waals surface area contributed by atoms with E-state index >= 15 is 0 Å². The summed E-state index contributed by atoms with van der Waals surface area (Å²) in [7, 11) is 1.95. The van der Waals surface area contributed by atoms with Gasteiger partial charge in [-0.05, 0) is 19.1 Å². The van der Waals surface area contributed by atoms with Crippen LogP contribution in [-0.2, 0) is 7.05 Å². The first-order valence-electron chi connectivity index (χ1n) is 6.54. The quantitative estimate of drug-likeness (QED) is 0.858. The maximum absolute atomic E-state index is 4.33. The van der Waals surface area contributed by atoms with Crippen LogP contribution in [-0.4, -0.2) is 45.4 Å². The predicted molar refractivity (Wildman–Crippen MR) is 73.9 cm³/mol. The molecule has 0 radical (unpaired) electrons. The van der Waals surface area contributed by atoms with Gasteiger partial charge in [0.25, 0.3) is 0 Å². The molecule has 1 N–H and O–H groups in total. The molecule has 1 fully saturated rings. The number of hydrogen-bond acceptors (Lipinski definition) is 5. The maximum Gasteiger partial charge on any atom is 0.160 e. The highest BCUT2D eigenvalue weighted by Crippen LogP contribution is 2.17. The van der Waals surface area contributed by atoms with Gasteiger partial charge >= 0.3 is 0 Å². The van der Waals surface area contributed by atoms with Gasteiger partial charge < -0.3 is 14.8 Å². The van der Waals surface area contributed by atoms with E-state index < -0.39 is 0 Å². The number of piperazine rings is 1. The summed E-state index contributed by atoms with van der Waals surface area (Å²) in [5.41, 5.74) is 0.805. The Morgan fingerprint density at radius 2 is 2.21 bits per heavy atom. The molecule has 0 spiro atoms. The van der Waals surface area contributed by atoms with Crippen molar-refractivity contribution in [2.45, 2.75) is 13.0 Å². The number of nitrogens with one attached hydrogen (secondary N) is 1. The highest BCUT2D eigenvalue weighted by Gasteiger charge is 2.17. The summed E-state index contributed by atoms with van der Waals surface area (Å²) >= 11 is 0. The molecule has 1 aliphatic rings. The molecule has 3 rings (SSSR count). The van der Waals surface area contributed by atoms with Crippen molar-refractivity contribution in [1.82, 2.24) is 25.1 Å². The van der Waals surface area contributed by atoms with Crippen LogP contribution in [0.4, 0.5) is 5.82 Å². The summed E-state index contributed by atoms with van der Waals surface area (Å²) in [5, 5.41) is 12.0. The molecule has 0 bridgehead atoms. The Morgan fingerprint density at radius 3 is 2.84 bits per heavy atom. The first-order chi connectivity index (χ1) is 9.24. The van der Waals surface area contributed by atoms with Crippen molar-refractivity contribution in [1.29, 1.82) is 0 Å². The highest BCUT2D eigenvalue weighted by molar-refractivity contribution is 5.51. The second kappa shape index (κ2) is 4.97. The van der Waals surface area contributed by atoms with E-state index in [1.807, 2.05) is 29.9 Å². The van der Waals surface area contributed by atoms with Crippen molar-refractivity contribution in [3.05, 3.63) is 24.5 Å². The van der Waals surface area contributed by atoms with Crippen LogP contribution in [0.1, 0.15) is 6.92 Å². The Hall–Kier alpha value is -1.95. The normalized spacial score (nSPS) is 19.7. The number of hydrogen-bond donors (Lipinski definition) is 1. The SMILES string of the molecule is C[C@H]1CN(c2ccc(-c3nccn3C)nn2)CCN1. The maximum atomic E-state index is 4.33. The van der Waals surface area contributed by atoms with Crippen LogP contribution in [0.5, 0.6) is 0 Å². The van der Waals surface area contributed by atoms with Gasteiger partial charge in [0, 0.05) is 45.1 Å². The van der Waals surface area contributed by atoms with Gasteiger partial charge in [-0.3, -0.25) is 0 Å². The van der Waals surface area contributed by atoms with E-state index in [9.17, 15) is 0 Å². The second-order valence-corrected chi connectivity index (χ2v) is 4.94. The Bertz CT molecular complexity index is 547. The average Bonchev–Trinajstić information content (AvgIpc) is 2.85. The zero-order valence-electron chi connectivity index (χ0n) is 11.2. The fourth-order valence-electron chi connectivity index (χ4n) is 2.37. The lowest BCUT2D eigenvalue weighted by atomic mass is 10.2. The van der Waals surface area contributed by atoms with Crippen LogP contribution in [0.3, 0.4) is 0 Å². The molecular weight excluding hydrogens is 240 g/mol. The van der Waals surface area contributed by atoms with Crippen LogP contribution in [0.25, 0.3) is 11.5 Å². The summed E-state index contributed by atoms with van der Waals surface area (Å²) < 4.78 is 1.94. The summed E-state index contributed by atoms with van der Waals surface area (Å²) in [6, 6.07) is 4.50. The van der Waals surface area contributed by atoms with E-state index in [-0.39, 0.29) is 0 Å². The zero-order chi connectivity index (χ0) is 13.2. The third-order valence-corrected chi connectivity index (χ3v) is 3.39. The molecule has 0 amide bonds. The number of aromatic nitrogens is 4. The van der Waals surface area contributed by atoms with Gasteiger partial charge in [0.1, 0.15) is 5.69 Å². The minimum absolute atomic E-state index is 0.491. The summed E-state index contributed by atoms with van der Waals surface area (Å²) in [6.45, 7) is 5.11. The number of aryl methyl sites for hydroxylation is 1. The number of rotatable bonds is 2. The molecule has 0 aliphatic carbocycles. The molecule has 0 aromatic carbocycles. The minimum atomic E-state index is 0.491. The Labute approximate surface area is 112 Å². The van der Waals surface area contributed by atoms with Crippen molar-refractivity contribution < 1.29 is 0 Å². The number of imidazole rings is 1. The summed E-state index contributed by atoms with van der Waals surface area (Å²) in [6.07, 6.45) is 3.67. The Balaban J connectivity index is 1.81. The molecule has 0 unspecified atom stereocenters. The first kappa shape index (κ1) is 12.1. The van der Waals surface area contributed by atoms with E-state index in [1.165, 1.54) is 0 Å². The smallest absolute Gasteiger partial charge is 0.160 e. The van der Waals surface area contributed by atoms with Crippen molar-refractivity contribution in [2.24, 2.45) is 7.05 Å². The van der Waals surface area contributed by atoms with Crippen molar-refractivity contribution in [3.8, 4) is 11.5 Å². The molecule has 0 saturated carbocycles. The predicted octanol–water partition coefficient (Wildman–Crippen LogP) is 0.675. The van der Waals surface area contributed by atoms with Crippen LogP contribution < -0.4 is 10.2 Å².